The smallest absolute Gasteiger partial charge is 0.230 e. The number of carbonyl (C=O) groups excluding carboxylic acids is 1. The minimum Gasteiger partial charge on any atom is -0.399 e. The molecule has 4 nitrogen and oxygen atoms in total. The van der Waals surface area contributed by atoms with Crippen LogP contribution in [0, 0.1) is 0 Å². The fourth-order valence-corrected chi connectivity index (χ4v) is 2.23. The van der Waals surface area contributed by atoms with Gasteiger partial charge in [0.1, 0.15) is 0 Å². The molecule has 108 valence electrons. The summed E-state index contributed by atoms with van der Waals surface area (Å²) in [6.07, 6.45) is 1.80. The molecule has 20 heavy (non-hydrogen) atoms. The van der Waals surface area contributed by atoms with Gasteiger partial charge in [0.2, 0.25) is 5.91 Å². The highest BCUT2D eigenvalue weighted by Gasteiger charge is 2.50. The number of benzene rings is 1. The van der Waals surface area contributed by atoms with Crippen LogP contribution in [0.5, 0.6) is 0 Å². The van der Waals surface area contributed by atoms with Crippen molar-refractivity contribution in [1.82, 2.24) is 5.32 Å². The molecule has 0 saturated heterocycles. The van der Waals surface area contributed by atoms with E-state index in [1.165, 1.54) is 0 Å². The largest absolute Gasteiger partial charge is 0.399 e. The Morgan fingerprint density at radius 3 is 2.60 bits per heavy atom. The van der Waals surface area contributed by atoms with Gasteiger partial charge in [0.25, 0.3) is 0 Å². The lowest BCUT2D eigenvalue weighted by Gasteiger charge is -2.16. The Kier molecular flexibility index (Phi) is 4.45. The van der Waals surface area contributed by atoms with Gasteiger partial charge in [-0.3, -0.25) is 4.79 Å². The van der Waals surface area contributed by atoms with E-state index >= 15 is 0 Å². The fraction of sp³-hybridized carbons (Fsp3) is 0.438. The summed E-state index contributed by atoms with van der Waals surface area (Å²) >= 11 is 0. The first kappa shape index (κ1) is 14.6. The monoisotopic (exact) mass is 274 g/mol. The minimum absolute atomic E-state index is 0.0844. The van der Waals surface area contributed by atoms with Gasteiger partial charge in [-0.1, -0.05) is 24.3 Å². The molecule has 0 radical (unpaired) electrons. The summed E-state index contributed by atoms with van der Waals surface area (Å²) in [6.45, 7) is 7.26. The Hall–Kier alpha value is -1.81. The lowest BCUT2D eigenvalue weighted by atomic mass is 9.95. The lowest BCUT2D eigenvalue weighted by molar-refractivity contribution is -0.123. The molecule has 0 spiro atoms. The van der Waals surface area contributed by atoms with E-state index in [0.717, 1.165) is 29.7 Å². The summed E-state index contributed by atoms with van der Waals surface area (Å²) in [5.74, 6) is 0.0844. The molecule has 0 bridgehead atoms. The molecule has 3 N–H and O–H groups in total. The summed E-state index contributed by atoms with van der Waals surface area (Å²) < 4.78 is 5.37. The normalized spacial score (nSPS) is 15.7. The van der Waals surface area contributed by atoms with Gasteiger partial charge in [-0.25, -0.2) is 0 Å². The van der Waals surface area contributed by atoms with Crippen LogP contribution in [0.3, 0.4) is 0 Å². The van der Waals surface area contributed by atoms with Crippen molar-refractivity contribution in [3.8, 4) is 0 Å². The average molecular weight is 274 g/mol. The van der Waals surface area contributed by atoms with E-state index < -0.39 is 0 Å². The standard InChI is InChI=1S/C16H22N2O2/c1-12(2)11-20-10-9-18-15(19)16(7-8-16)13-3-5-14(17)6-4-13/h3-6H,1,7-11,17H2,2H3,(H,18,19). The molecule has 1 amide bonds. The van der Waals surface area contributed by atoms with Crippen molar-refractivity contribution < 1.29 is 9.53 Å². The first-order chi connectivity index (χ1) is 9.54. The second-order valence-electron chi connectivity index (χ2n) is 5.47. The van der Waals surface area contributed by atoms with Crippen LogP contribution in [0.15, 0.2) is 36.4 Å². The molecule has 2 rings (SSSR count). The zero-order valence-corrected chi connectivity index (χ0v) is 11.9. The van der Waals surface area contributed by atoms with Crippen molar-refractivity contribution in [3.05, 3.63) is 42.0 Å². The molecule has 1 fully saturated rings. The summed E-state index contributed by atoms with van der Waals surface area (Å²) in [4.78, 5) is 12.3. The number of hydrogen-bond acceptors (Lipinski definition) is 3. The van der Waals surface area contributed by atoms with Gasteiger partial charge in [0.15, 0.2) is 0 Å². The third kappa shape index (κ3) is 3.39. The van der Waals surface area contributed by atoms with Crippen molar-refractivity contribution in [2.75, 3.05) is 25.5 Å². The topological polar surface area (TPSA) is 64.3 Å². The summed E-state index contributed by atoms with van der Waals surface area (Å²) in [7, 11) is 0. The highest BCUT2D eigenvalue weighted by Crippen LogP contribution is 2.48. The number of carbonyl (C=O) groups is 1. The van der Waals surface area contributed by atoms with Crippen LogP contribution in [0.4, 0.5) is 5.69 Å². The number of ether oxygens (including phenoxy) is 1. The van der Waals surface area contributed by atoms with Crippen molar-refractivity contribution >= 4 is 11.6 Å². The van der Waals surface area contributed by atoms with Crippen LogP contribution in [0.1, 0.15) is 25.3 Å². The highest BCUT2D eigenvalue weighted by molar-refractivity contribution is 5.91. The molecule has 4 heteroatoms. The second-order valence-corrected chi connectivity index (χ2v) is 5.47. The molecule has 0 unspecified atom stereocenters. The number of rotatable bonds is 7. The van der Waals surface area contributed by atoms with Gasteiger partial charge in [-0.05, 0) is 37.5 Å². The van der Waals surface area contributed by atoms with Crippen molar-refractivity contribution in [2.24, 2.45) is 0 Å². The molecule has 0 atom stereocenters. The minimum atomic E-state index is -0.345. The second kappa shape index (κ2) is 6.09. The molecular weight excluding hydrogens is 252 g/mol. The molecule has 1 saturated carbocycles. The highest BCUT2D eigenvalue weighted by atomic mass is 16.5. The van der Waals surface area contributed by atoms with Gasteiger partial charge in [0.05, 0.1) is 18.6 Å². The average Bonchev–Trinajstić information content (AvgIpc) is 3.20. The number of anilines is 1. The van der Waals surface area contributed by atoms with Crippen LogP contribution in [0.25, 0.3) is 0 Å². The number of nitrogens with one attached hydrogen (secondary N) is 1. The molecule has 0 aromatic heterocycles. The first-order valence-corrected chi connectivity index (χ1v) is 6.91. The molecule has 1 aromatic carbocycles. The third-order valence-corrected chi connectivity index (χ3v) is 3.53. The molecule has 1 aromatic rings. The van der Waals surface area contributed by atoms with Crippen LogP contribution >= 0.6 is 0 Å². The fourth-order valence-electron chi connectivity index (χ4n) is 2.23. The first-order valence-electron chi connectivity index (χ1n) is 6.91. The van der Waals surface area contributed by atoms with E-state index in [9.17, 15) is 4.79 Å². The molecule has 0 heterocycles. The van der Waals surface area contributed by atoms with Crippen molar-refractivity contribution in [2.45, 2.75) is 25.2 Å². The Labute approximate surface area is 120 Å². The summed E-state index contributed by atoms with van der Waals surface area (Å²) in [5.41, 5.74) is 8.09. The summed E-state index contributed by atoms with van der Waals surface area (Å²) in [5, 5.41) is 2.95. The number of nitrogens with two attached hydrogens (primary N) is 1. The van der Waals surface area contributed by atoms with Crippen LogP contribution in [0.2, 0.25) is 0 Å². The SMILES string of the molecule is C=C(C)COCCNC(=O)C1(c2ccc(N)cc2)CC1. The molecule has 1 aliphatic rings. The number of hydrogen-bond donors (Lipinski definition) is 2. The maximum absolute atomic E-state index is 12.3. The maximum atomic E-state index is 12.3. The number of amides is 1. The quantitative estimate of drug-likeness (QED) is 0.454. The Balaban J connectivity index is 1.83. The predicted octanol–water partition coefficient (Wildman–Crippen LogP) is 2.01. The van der Waals surface area contributed by atoms with E-state index in [0.29, 0.717) is 19.8 Å². The number of nitrogen functional groups attached to an aromatic ring is 1. The predicted molar refractivity (Wildman–Crippen MR) is 80.4 cm³/mol. The van der Waals surface area contributed by atoms with Gasteiger partial charge in [-0.15, -0.1) is 0 Å². The molecule has 1 aliphatic carbocycles. The Bertz CT molecular complexity index is 490. The molecule has 0 aliphatic heterocycles. The maximum Gasteiger partial charge on any atom is 0.230 e. The van der Waals surface area contributed by atoms with Gasteiger partial charge >= 0.3 is 0 Å². The summed E-state index contributed by atoms with van der Waals surface area (Å²) in [6, 6.07) is 7.58. The zero-order valence-electron chi connectivity index (χ0n) is 11.9. The van der Waals surface area contributed by atoms with Crippen molar-refractivity contribution in [1.29, 1.82) is 0 Å². The molecular formula is C16H22N2O2. The van der Waals surface area contributed by atoms with E-state index in [-0.39, 0.29) is 11.3 Å². The van der Waals surface area contributed by atoms with Gasteiger partial charge in [-0.2, -0.15) is 0 Å². The third-order valence-electron chi connectivity index (χ3n) is 3.53. The van der Waals surface area contributed by atoms with Gasteiger partial charge < -0.3 is 15.8 Å². The van der Waals surface area contributed by atoms with E-state index in [1.54, 1.807) is 0 Å². The van der Waals surface area contributed by atoms with Crippen LogP contribution < -0.4 is 11.1 Å². The van der Waals surface area contributed by atoms with Crippen LogP contribution in [-0.2, 0) is 14.9 Å². The van der Waals surface area contributed by atoms with Gasteiger partial charge in [0, 0.05) is 12.2 Å². The van der Waals surface area contributed by atoms with E-state index in [1.807, 2.05) is 31.2 Å². The Morgan fingerprint density at radius 1 is 1.40 bits per heavy atom. The zero-order chi connectivity index (χ0) is 14.6. The lowest BCUT2D eigenvalue weighted by Crippen LogP contribution is -2.36. The van der Waals surface area contributed by atoms with Crippen LogP contribution in [-0.4, -0.2) is 25.7 Å². The van der Waals surface area contributed by atoms with Crippen molar-refractivity contribution in [3.63, 3.8) is 0 Å². The van der Waals surface area contributed by atoms with E-state index in [4.69, 9.17) is 10.5 Å². The Morgan fingerprint density at radius 2 is 2.05 bits per heavy atom. The van der Waals surface area contributed by atoms with E-state index in [2.05, 4.69) is 11.9 Å².